The van der Waals surface area contributed by atoms with Crippen molar-refractivity contribution in [2.45, 2.75) is 78.1 Å². The van der Waals surface area contributed by atoms with Gasteiger partial charge < -0.3 is 15.2 Å². The second kappa shape index (κ2) is 16.5. The lowest BCUT2D eigenvalue weighted by atomic mass is 10.1. The van der Waals surface area contributed by atoms with Gasteiger partial charge in [-0.15, -0.1) is 0 Å². The molecule has 0 aliphatic carbocycles. The predicted octanol–water partition coefficient (Wildman–Crippen LogP) is 3.51. The highest BCUT2D eigenvalue weighted by molar-refractivity contribution is 5.97. The zero-order chi connectivity index (χ0) is 18.0. The molecule has 0 bridgehead atoms. The molecule has 0 unspecified atom stereocenters. The highest BCUT2D eigenvalue weighted by atomic mass is 16.5. The van der Waals surface area contributed by atoms with Crippen LogP contribution in [0.4, 0.5) is 0 Å². The van der Waals surface area contributed by atoms with E-state index in [4.69, 9.17) is 9.84 Å². The van der Waals surface area contributed by atoms with Crippen molar-refractivity contribution in [1.82, 2.24) is 5.32 Å². The maximum absolute atomic E-state index is 11.7. The lowest BCUT2D eigenvalue weighted by Gasteiger charge is -2.05. The number of aliphatic hydroxyl groups excluding tert-OH is 1. The van der Waals surface area contributed by atoms with Crippen molar-refractivity contribution in [1.29, 1.82) is 0 Å². The summed E-state index contributed by atoms with van der Waals surface area (Å²) in [6, 6.07) is 0. The molecule has 0 atom stereocenters. The van der Waals surface area contributed by atoms with E-state index in [2.05, 4.69) is 12.2 Å². The highest BCUT2D eigenvalue weighted by Gasteiger charge is 2.07. The smallest absolute Gasteiger partial charge is 0.333 e. The van der Waals surface area contributed by atoms with Crippen LogP contribution in [-0.2, 0) is 14.3 Å². The van der Waals surface area contributed by atoms with Crippen molar-refractivity contribution < 1.29 is 19.4 Å². The van der Waals surface area contributed by atoms with Crippen LogP contribution in [0.15, 0.2) is 11.6 Å². The molecule has 0 saturated carbocycles. The summed E-state index contributed by atoms with van der Waals surface area (Å²) >= 11 is 0. The molecule has 0 aliphatic rings. The Bertz CT molecular complexity index is 366. The number of hydrogen-bond donors (Lipinski definition) is 2. The van der Waals surface area contributed by atoms with Gasteiger partial charge in [-0.2, -0.15) is 0 Å². The van der Waals surface area contributed by atoms with Gasteiger partial charge in [0.05, 0.1) is 13.2 Å². The van der Waals surface area contributed by atoms with Crippen LogP contribution in [-0.4, -0.2) is 36.7 Å². The lowest BCUT2D eigenvalue weighted by Crippen LogP contribution is -2.25. The Morgan fingerprint density at radius 2 is 1.50 bits per heavy atom. The molecule has 0 heterocycles. The third-order valence-corrected chi connectivity index (χ3v) is 3.81. The van der Waals surface area contributed by atoms with E-state index in [1.54, 1.807) is 6.92 Å². The van der Waals surface area contributed by atoms with Crippen molar-refractivity contribution in [3.63, 3.8) is 0 Å². The first-order valence-corrected chi connectivity index (χ1v) is 9.36. The standard InChI is InChI=1S/C19H35NO4/c1-3-4-5-6-7-8-9-10-11-12-15-24-19(23)17(2)16-18(22)20-13-14-21/h16,21H,3-15H2,1-2H3,(H,20,22). The van der Waals surface area contributed by atoms with Crippen LogP contribution in [0.2, 0.25) is 0 Å². The molecule has 2 N–H and O–H groups in total. The number of carbonyl (C=O) groups is 2. The Kier molecular flexibility index (Phi) is 15.6. The summed E-state index contributed by atoms with van der Waals surface area (Å²) in [6.45, 7) is 4.24. The number of nitrogens with one attached hydrogen (secondary N) is 1. The van der Waals surface area contributed by atoms with Gasteiger partial charge in [0.1, 0.15) is 0 Å². The molecule has 0 aromatic heterocycles. The van der Waals surface area contributed by atoms with Gasteiger partial charge in [-0.3, -0.25) is 4.79 Å². The third-order valence-electron chi connectivity index (χ3n) is 3.81. The minimum atomic E-state index is -0.454. The summed E-state index contributed by atoms with van der Waals surface area (Å²) in [6.07, 6.45) is 13.6. The summed E-state index contributed by atoms with van der Waals surface area (Å²) in [5.41, 5.74) is 0.275. The number of unbranched alkanes of at least 4 members (excludes halogenated alkanes) is 9. The number of esters is 1. The Morgan fingerprint density at radius 1 is 0.958 bits per heavy atom. The fourth-order valence-corrected chi connectivity index (χ4v) is 2.35. The van der Waals surface area contributed by atoms with Crippen molar-refractivity contribution >= 4 is 11.9 Å². The largest absolute Gasteiger partial charge is 0.462 e. The van der Waals surface area contributed by atoms with Gasteiger partial charge in [-0.05, 0) is 13.3 Å². The average molecular weight is 341 g/mol. The van der Waals surface area contributed by atoms with Crippen LogP contribution in [0.5, 0.6) is 0 Å². The van der Waals surface area contributed by atoms with Crippen molar-refractivity contribution in [3.8, 4) is 0 Å². The zero-order valence-electron chi connectivity index (χ0n) is 15.4. The number of carbonyl (C=O) groups excluding carboxylic acids is 2. The second-order valence-electron chi connectivity index (χ2n) is 6.16. The van der Waals surface area contributed by atoms with Crippen molar-refractivity contribution in [3.05, 3.63) is 11.6 Å². The normalized spacial score (nSPS) is 11.4. The van der Waals surface area contributed by atoms with Gasteiger partial charge in [0.25, 0.3) is 0 Å². The first-order valence-electron chi connectivity index (χ1n) is 9.36. The molecule has 0 aliphatic heterocycles. The molecule has 5 heteroatoms. The van der Waals surface area contributed by atoms with E-state index >= 15 is 0 Å². The molecule has 0 aromatic rings. The molecule has 0 rings (SSSR count). The molecule has 140 valence electrons. The third kappa shape index (κ3) is 14.2. The number of ether oxygens (including phenoxy) is 1. The number of aliphatic hydroxyl groups is 1. The fourth-order valence-electron chi connectivity index (χ4n) is 2.35. The van der Waals surface area contributed by atoms with Crippen LogP contribution in [0, 0.1) is 0 Å². The Labute approximate surface area is 146 Å². The van der Waals surface area contributed by atoms with Gasteiger partial charge in [-0.25, -0.2) is 4.79 Å². The minimum absolute atomic E-state index is 0.123. The molecule has 0 spiro atoms. The predicted molar refractivity (Wildman–Crippen MR) is 96.7 cm³/mol. The zero-order valence-corrected chi connectivity index (χ0v) is 15.4. The van der Waals surface area contributed by atoms with Gasteiger partial charge in [0.15, 0.2) is 0 Å². The average Bonchev–Trinajstić information content (AvgIpc) is 2.57. The molecule has 0 fully saturated rings. The number of rotatable bonds is 15. The maximum atomic E-state index is 11.7. The summed E-state index contributed by atoms with van der Waals surface area (Å²) < 4.78 is 5.14. The SMILES string of the molecule is CCCCCCCCCCCCOC(=O)C(C)=CC(=O)NCCO. The van der Waals surface area contributed by atoms with Crippen LogP contribution < -0.4 is 5.32 Å². The Balaban J connectivity index is 3.54. The van der Waals surface area contributed by atoms with E-state index in [1.807, 2.05) is 0 Å². The monoisotopic (exact) mass is 341 g/mol. The quantitative estimate of drug-likeness (QED) is 0.271. The lowest BCUT2D eigenvalue weighted by molar-refractivity contribution is -0.139. The molecule has 24 heavy (non-hydrogen) atoms. The van der Waals surface area contributed by atoms with E-state index < -0.39 is 11.9 Å². The van der Waals surface area contributed by atoms with Gasteiger partial charge in [0.2, 0.25) is 5.91 Å². The van der Waals surface area contributed by atoms with Crippen molar-refractivity contribution in [2.75, 3.05) is 19.8 Å². The van der Waals surface area contributed by atoms with E-state index in [0.29, 0.717) is 6.61 Å². The summed E-state index contributed by atoms with van der Waals surface area (Å²) in [5, 5.41) is 11.1. The molecule has 0 aromatic carbocycles. The van der Waals surface area contributed by atoms with E-state index in [9.17, 15) is 9.59 Å². The van der Waals surface area contributed by atoms with Crippen LogP contribution in [0.1, 0.15) is 78.1 Å². The second-order valence-corrected chi connectivity index (χ2v) is 6.16. The molecular weight excluding hydrogens is 306 g/mol. The minimum Gasteiger partial charge on any atom is -0.462 e. The van der Waals surface area contributed by atoms with Gasteiger partial charge >= 0.3 is 5.97 Å². The molecular formula is C19H35NO4. The first-order chi connectivity index (χ1) is 11.6. The summed E-state index contributed by atoms with van der Waals surface area (Å²) in [5.74, 6) is -0.845. The fraction of sp³-hybridized carbons (Fsp3) is 0.789. The summed E-state index contributed by atoms with van der Waals surface area (Å²) in [7, 11) is 0. The van der Waals surface area contributed by atoms with Crippen molar-refractivity contribution in [2.24, 2.45) is 0 Å². The molecule has 0 saturated heterocycles. The maximum Gasteiger partial charge on any atom is 0.333 e. The molecule has 1 amide bonds. The molecule has 5 nitrogen and oxygen atoms in total. The Morgan fingerprint density at radius 3 is 2.04 bits per heavy atom. The van der Waals surface area contributed by atoms with Gasteiger partial charge in [0, 0.05) is 18.2 Å². The van der Waals surface area contributed by atoms with Crippen LogP contribution >= 0.6 is 0 Å². The number of amides is 1. The van der Waals surface area contributed by atoms with Crippen LogP contribution in [0.25, 0.3) is 0 Å². The van der Waals surface area contributed by atoms with Crippen LogP contribution in [0.3, 0.4) is 0 Å². The summed E-state index contributed by atoms with van der Waals surface area (Å²) in [4.78, 5) is 23.1. The van der Waals surface area contributed by atoms with Gasteiger partial charge in [-0.1, -0.05) is 64.7 Å². The van der Waals surface area contributed by atoms with E-state index in [0.717, 1.165) is 12.8 Å². The highest BCUT2D eigenvalue weighted by Crippen LogP contribution is 2.10. The molecule has 0 radical (unpaired) electrons. The first kappa shape index (κ1) is 22.6. The topological polar surface area (TPSA) is 75.6 Å². The number of hydrogen-bond acceptors (Lipinski definition) is 4. The Hall–Kier alpha value is -1.36. The van der Waals surface area contributed by atoms with E-state index in [-0.39, 0.29) is 18.7 Å². The van der Waals surface area contributed by atoms with E-state index in [1.165, 1.54) is 57.4 Å².